The maximum Gasteiger partial charge on any atom is 0.213 e. The first-order chi connectivity index (χ1) is 10.0. The first-order valence-corrected chi connectivity index (χ1v) is 7.38. The molecule has 2 N–H and O–H groups in total. The number of aromatic nitrogens is 1. The molecule has 0 radical (unpaired) electrons. The Kier molecular flexibility index (Phi) is 4.94. The zero-order valence-corrected chi connectivity index (χ0v) is 14.3. The minimum absolute atomic E-state index is 0. The van der Waals surface area contributed by atoms with Crippen molar-refractivity contribution < 1.29 is 17.4 Å². The lowest BCUT2D eigenvalue weighted by atomic mass is 10.1. The number of pyridine rings is 1. The van der Waals surface area contributed by atoms with Gasteiger partial charge in [0.1, 0.15) is 0 Å². The summed E-state index contributed by atoms with van der Waals surface area (Å²) in [6, 6.07) is 14.5. The molecule has 0 aliphatic heterocycles. The molecule has 22 heavy (non-hydrogen) atoms. The van der Waals surface area contributed by atoms with E-state index in [1.54, 1.807) is 0 Å². The Morgan fingerprint density at radius 1 is 0.955 bits per heavy atom. The maximum absolute atomic E-state index is 6.21. The molecule has 3 aromatic rings. The lowest BCUT2D eigenvalue weighted by Crippen LogP contribution is -3.00. The normalized spacial score (nSPS) is 10.4. The standard InChI is InChI=1S/C18H17ClN2.ClH/c1-11-7-8-17-14(9-11)18(10-12(2)20-17)21-16-6-4-5-15(19)13(16)3;/h4-10H,1-3H3,(H,20,21);1H. The summed E-state index contributed by atoms with van der Waals surface area (Å²) in [6.45, 7) is 6.20. The van der Waals surface area contributed by atoms with Crippen LogP contribution in [0, 0.1) is 20.8 Å². The van der Waals surface area contributed by atoms with Crippen LogP contribution in [0.25, 0.3) is 10.9 Å². The predicted molar refractivity (Wildman–Crippen MR) is 89.4 cm³/mol. The molecule has 0 saturated heterocycles. The van der Waals surface area contributed by atoms with Crippen molar-refractivity contribution in [3.63, 3.8) is 0 Å². The van der Waals surface area contributed by atoms with Gasteiger partial charge in [0.15, 0.2) is 5.69 Å². The number of hydrogen-bond acceptors (Lipinski definition) is 1. The van der Waals surface area contributed by atoms with Crippen LogP contribution in [0.15, 0.2) is 42.5 Å². The van der Waals surface area contributed by atoms with Crippen molar-refractivity contribution in [2.24, 2.45) is 0 Å². The Hall–Kier alpha value is -1.77. The van der Waals surface area contributed by atoms with Crippen LogP contribution in [-0.2, 0) is 0 Å². The fraction of sp³-hybridized carbons (Fsp3) is 0.167. The summed E-state index contributed by atoms with van der Waals surface area (Å²) in [4.78, 5) is 3.40. The highest BCUT2D eigenvalue weighted by Crippen LogP contribution is 2.29. The van der Waals surface area contributed by atoms with E-state index >= 15 is 0 Å². The van der Waals surface area contributed by atoms with Crippen molar-refractivity contribution in [3.05, 3.63) is 64.3 Å². The van der Waals surface area contributed by atoms with E-state index in [9.17, 15) is 0 Å². The van der Waals surface area contributed by atoms with Gasteiger partial charge in [-0.1, -0.05) is 23.7 Å². The zero-order valence-electron chi connectivity index (χ0n) is 12.8. The predicted octanol–water partition coefficient (Wildman–Crippen LogP) is 1.98. The third kappa shape index (κ3) is 3.18. The monoisotopic (exact) mass is 332 g/mol. The summed E-state index contributed by atoms with van der Waals surface area (Å²) < 4.78 is 0. The fourth-order valence-corrected chi connectivity index (χ4v) is 2.70. The van der Waals surface area contributed by atoms with Gasteiger partial charge in [-0.2, -0.15) is 0 Å². The van der Waals surface area contributed by atoms with E-state index in [1.165, 1.54) is 10.9 Å². The average Bonchev–Trinajstić information content (AvgIpc) is 2.44. The molecule has 0 aliphatic rings. The molecule has 0 amide bonds. The van der Waals surface area contributed by atoms with E-state index in [0.29, 0.717) is 0 Å². The second kappa shape index (κ2) is 6.55. The number of fused-ring (bicyclic) bond motifs is 1. The summed E-state index contributed by atoms with van der Waals surface area (Å²) in [5.74, 6) is 0. The molecular formula is C18H18Cl2N2. The van der Waals surface area contributed by atoms with Crippen LogP contribution in [0.3, 0.4) is 0 Å². The van der Waals surface area contributed by atoms with Crippen molar-refractivity contribution in [3.8, 4) is 0 Å². The number of hydrogen-bond donors (Lipinski definition) is 1. The molecule has 2 nitrogen and oxygen atoms in total. The molecule has 0 fully saturated rings. The number of H-pyrrole nitrogens is 1. The number of anilines is 2. The number of aryl methyl sites for hydroxylation is 2. The van der Waals surface area contributed by atoms with E-state index in [2.05, 4.69) is 54.5 Å². The van der Waals surface area contributed by atoms with Crippen molar-refractivity contribution in [1.29, 1.82) is 0 Å². The van der Waals surface area contributed by atoms with Gasteiger partial charge in [0.05, 0.1) is 11.1 Å². The number of rotatable bonds is 2. The molecule has 114 valence electrons. The summed E-state index contributed by atoms with van der Waals surface area (Å²) in [5.41, 5.74) is 6.68. The Morgan fingerprint density at radius 2 is 1.73 bits per heavy atom. The first kappa shape index (κ1) is 16.6. The minimum atomic E-state index is 0. The second-order valence-corrected chi connectivity index (χ2v) is 5.86. The van der Waals surface area contributed by atoms with Crippen LogP contribution in [-0.4, -0.2) is 0 Å². The summed E-state index contributed by atoms with van der Waals surface area (Å²) in [5, 5.41) is 5.48. The van der Waals surface area contributed by atoms with Gasteiger partial charge < -0.3 is 17.7 Å². The number of aromatic amines is 1. The van der Waals surface area contributed by atoms with Crippen molar-refractivity contribution >= 4 is 33.9 Å². The third-order valence-corrected chi connectivity index (χ3v) is 4.10. The van der Waals surface area contributed by atoms with Crippen molar-refractivity contribution in [1.82, 2.24) is 0 Å². The molecule has 2 aromatic carbocycles. The first-order valence-electron chi connectivity index (χ1n) is 7.00. The Bertz CT molecular complexity index is 829. The van der Waals surface area contributed by atoms with Gasteiger partial charge in [0.25, 0.3) is 0 Å². The van der Waals surface area contributed by atoms with Crippen LogP contribution in [0.4, 0.5) is 11.4 Å². The van der Waals surface area contributed by atoms with E-state index in [0.717, 1.165) is 33.2 Å². The molecule has 1 aromatic heterocycles. The molecule has 0 saturated carbocycles. The summed E-state index contributed by atoms with van der Waals surface area (Å²) in [7, 11) is 0. The topological polar surface area (TPSA) is 26.2 Å². The molecule has 0 spiro atoms. The Balaban J connectivity index is 0.00000176. The molecule has 3 rings (SSSR count). The van der Waals surface area contributed by atoms with Crippen molar-refractivity contribution in [2.75, 3.05) is 5.32 Å². The van der Waals surface area contributed by atoms with Crippen LogP contribution < -0.4 is 22.7 Å². The van der Waals surface area contributed by atoms with Gasteiger partial charge >= 0.3 is 0 Å². The SMILES string of the molecule is Cc1ccc2[nH+]c(C)cc(Nc3cccc(Cl)c3C)c2c1.[Cl-]. The smallest absolute Gasteiger partial charge is 0.213 e. The highest BCUT2D eigenvalue weighted by atomic mass is 35.5. The largest absolute Gasteiger partial charge is 1.00 e. The van der Waals surface area contributed by atoms with Crippen LogP contribution in [0.1, 0.15) is 16.8 Å². The van der Waals surface area contributed by atoms with Crippen molar-refractivity contribution in [2.45, 2.75) is 20.8 Å². The number of benzene rings is 2. The number of halogens is 2. The highest BCUT2D eigenvalue weighted by Gasteiger charge is 2.11. The Labute approximate surface area is 141 Å². The maximum atomic E-state index is 6.21. The Morgan fingerprint density at radius 3 is 2.50 bits per heavy atom. The van der Waals surface area contributed by atoms with E-state index < -0.39 is 0 Å². The number of nitrogens with one attached hydrogen (secondary N) is 2. The lowest BCUT2D eigenvalue weighted by Gasteiger charge is -2.12. The van der Waals surface area contributed by atoms with Crippen LogP contribution >= 0.6 is 11.6 Å². The molecule has 0 aliphatic carbocycles. The van der Waals surface area contributed by atoms with Gasteiger partial charge in [-0.25, -0.2) is 4.98 Å². The molecule has 0 unspecified atom stereocenters. The third-order valence-electron chi connectivity index (χ3n) is 3.69. The van der Waals surface area contributed by atoms with Gasteiger partial charge in [-0.15, -0.1) is 0 Å². The molecule has 0 atom stereocenters. The quantitative estimate of drug-likeness (QED) is 0.763. The lowest BCUT2D eigenvalue weighted by molar-refractivity contribution is -0.354. The summed E-state index contributed by atoms with van der Waals surface area (Å²) >= 11 is 6.21. The van der Waals surface area contributed by atoms with E-state index in [1.807, 2.05) is 19.1 Å². The van der Waals surface area contributed by atoms with Crippen LogP contribution in [0.2, 0.25) is 5.02 Å². The van der Waals surface area contributed by atoms with Gasteiger partial charge in [-0.05, 0) is 43.2 Å². The molecule has 4 heteroatoms. The fourth-order valence-electron chi connectivity index (χ4n) is 2.52. The molecular weight excluding hydrogens is 315 g/mol. The second-order valence-electron chi connectivity index (χ2n) is 5.45. The van der Waals surface area contributed by atoms with E-state index in [4.69, 9.17) is 11.6 Å². The molecule has 1 heterocycles. The highest BCUT2D eigenvalue weighted by molar-refractivity contribution is 6.31. The average molecular weight is 333 g/mol. The van der Waals surface area contributed by atoms with Gasteiger partial charge in [-0.3, -0.25) is 0 Å². The van der Waals surface area contributed by atoms with Gasteiger partial charge in [0, 0.05) is 29.8 Å². The minimum Gasteiger partial charge on any atom is -1.00 e. The van der Waals surface area contributed by atoms with Crippen LogP contribution in [0.5, 0.6) is 0 Å². The van der Waals surface area contributed by atoms with Gasteiger partial charge in [0.2, 0.25) is 5.52 Å². The zero-order chi connectivity index (χ0) is 15.0. The summed E-state index contributed by atoms with van der Waals surface area (Å²) in [6.07, 6.45) is 0. The van der Waals surface area contributed by atoms with E-state index in [-0.39, 0.29) is 12.4 Å². The molecule has 0 bridgehead atoms.